The molecule has 0 spiro atoms. The Bertz CT molecular complexity index is 566. The summed E-state index contributed by atoms with van der Waals surface area (Å²) in [7, 11) is 0. The van der Waals surface area contributed by atoms with Crippen molar-refractivity contribution in [2.45, 2.75) is 77.4 Å². The molecule has 8 nitrogen and oxygen atoms in total. The van der Waals surface area contributed by atoms with Gasteiger partial charge in [-0.15, -0.1) is 0 Å². The Balaban J connectivity index is 2.02. The lowest BCUT2D eigenvalue weighted by atomic mass is 9.79. The molecule has 1 aromatic rings. The van der Waals surface area contributed by atoms with Crippen molar-refractivity contribution in [1.29, 1.82) is 0 Å². The van der Waals surface area contributed by atoms with Crippen LogP contribution in [0.2, 0.25) is 0 Å². The third-order valence-electron chi connectivity index (χ3n) is 4.03. The van der Waals surface area contributed by atoms with Crippen molar-refractivity contribution >= 4 is 5.95 Å². The smallest absolute Gasteiger partial charge is 0.390 e. The van der Waals surface area contributed by atoms with Crippen molar-refractivity contribution < 1.29 is 10.0 Å². The summed E-state index contributed by atoms with van der Waals surface area (Å²) in [5.41, 5.74) is 0.501. The van der Waals surface area contributed by atoms with E-state index in [1.165, 1.54) is 4.57 Å². The number of hydrogen-bond donors (Lipinski definition) is 3. The molecular weight excluding hydrogens is 298 g/mol. The van der Waals surface area contributed by atoms with E-state index >= 15 is 0 Å². The number of aromatic nitrogens is 2. The molecule has 0 aromatic carbocycles. The van der Waals surface area contributed by atoms with Crippen molar-refractivity contribution in [3.05, 3.63) is 22.0 Å². The molecule has 8 heteroatoms. The summed E-state index contributed by atoms with van der Waals surface area (Å²) < 4.78 is 1.38. The van der Waals surface area contributed by atoms with E-state index < -0.39 is 11.2 Å². The first-order valence-corrected chi connectivity index (χ1v) is 7.89. The van der Waals surface area contributed by atoms with Crippen LogP contribution >= 0.6 is 0 Å². The number of nitrogens with one attached hydrogen (secondary N) is 2. The third kappa shape index (κ3) is 4.73. The number of nitro groups is 1. The minimum Gasteiger partial charge on any atom is -0.390 e. The van der Waals surface area contributed by atoms with Gasteiger partial charge in [0.25, 0.3) is 0 Å². The van der Waals surface area contributed by atoms with E-state index in [0.717, 1.165) is 12.8 Å². The predicted molar refractivity (Wildman–Crippen MR) is 87.1 cm³/mol. The van der Waals surface area contributed by atoms with Crippen molar-refractivity contribution in [2.24, 2.45) is 0 Å². The maximum absolute atomic E-state index is 11.0. The van der Waals surface area contributed by atoms with Gasteiger partial charge in [0.05, 0.1) is 0 Å². The zero-order chi connectivity index (χ0) is 17.4. The van der Waals surface area contributed by atoms with Gasteiger partial charge in [0, 0.05) is 17.1 Å². The molecule has 0 radical (unpaired) electrons. The Morgan fingerprint density at radius 2 is 2.04 bits per heavy atom. The van der Waals surface area contributed by atoms with E-state index in [9.17, 15) is 15.2 Å². The summed E-state index contributed by atoms with van der Waals surface area (Å²) in [6.45, 7) is 10.3. The Kier molecular flexibility index (Phi) is 4.79. The van der Waals surface area contributed by atoms with Gasteiger partial charge >= 0.3 is 5.95 Å². The van der Waals surface area contributed by atoms with Crippen LogP contribution in [0.25, 0.3) is 0 Å². The number of rotatable bonds is 5. The highest BCUT2D eigenvalue weighted by Gasteiger charge is 2.38. The van der Waals surface area contributed by atoms with E-state index in [0.29, 0.717) is 5.69 Å². The molecule has 1 aliphatic rings. The number of aryl methyl sites for hydroxylation is 1. The molecule has 0 bridgehead atoms. The Morgan fingerprint density at radius 1 is 1.48 bits per heavy atom. The normalized spacial score (nSPS) is 22.0. The van der Waals surface area contributed by atoms with E-state index in [2.05, 4.69) is 43.3 Å². The minimum atomic E-state index is -0.864. The van der Waals surface area contributed by atoms with Crippen LogP contribution in [0.3, 0.4) is 0 Å². The minimum absolute atomic E-state index is 0.0310. The van der Waals surface area contributed by atoms with E-state index in [1.807, 2.05) is 0 Å². The van der Waals surface area contributed by atoms with E-state index in [-0.39, 0.29) is 29.6 Å². The Hall–Kier alpha value is -1.51. The number of piperidine rings is 1. The van der Waals surface area contributed by atoms with Gasteiger partial charge in [-0.1, -0.05) is 4.98 Å². The monoisotopic (exact) mass is 325 g/mol. The molecule has 23 heavy (non-hydrogen) atoms. The maximum atomic E-state index is 11.0. The average molecular weight is 325 g/mol. The fourth-order valence-corrected chi connectivity index (χ4v) is 3.77. The SMILES string of the molecule is Cc1cn(CC(O)NC2CC(C)(C)NC(C)(C)C2)c([N+](=O)[O-])n1. The van der Waals surface area contributed by atoms with Crippen LogP contribution in [0.15, 0.2) is 6.20 Å². The van der Waals surface area contributed by atoms with Gasteiger partial charge in [0.1, 0.15) is 24.7 Å². The quantitative estimate of drug-likeness (QED) is 0.428. The predicted octanol–water partition coefficient (Wildman–Crippen LogP) is 1.32. The number of hydrogen-bond acceptors (Lipinski definition) is 6. The third-order valence-corrected chi connectivity index (χ3v) is 4.03. The second-order valence-corrected chi connectivity index (χ2v) is 7.77. The highest BCUT2D eigenvalue weighted by molar-refractivity contribution is 5.13. The van der Waals surface area contributed by atoms with E-state index in [4.69, 9.17) is 0 Å². The van der Waals surface area contributed by atoms with Crippen LogP contribution in [-0.4, -0.2) is 42.9 Å². The highest BCUT2D eigenvalue weighted by atomic mass is 16.6. The second kappa shape index (κ2) is 6.18. The van der Waals surface area contributed by atoms with Crippen LogP contribution in [0, 0.1) is 17.0 Å². The molecular formula is C15H27N5O3. The fourth-order valence-electron chi connectivity index (χ4n) is 3.77. The second-order valence-electron chi connectivity index (χ2n) is 7.77. The molecule has 1 aliphatic heterocycles. The van der Waals surface area contributed by atoms with Crippen LogP contribution in [-0.2, 0) is 6.54 Å². The number of imidazole rings is 1. The molecule has 1 unspecified atom stereocenters. The lowest BCUT2D eigenvalue weighted by Gasteiger charge is -2.47. The molecule has 2 rings (SSSR count). The lowest BCUT2D eigenvalue weighted by Crippen LogP contribution is -2.62. The van der Waals surface area contributed by atoms with Crippen LogP contribution in [0.5, 0.6) is 0 Å². The van der Waals surface area contributed by atoms with Gasteiger partial charge in [-0.2, -0.15) is 0 Å². The molecule has 130 valence electrons. The summed E-state index contributed by atoms with van der Waals surface area (Å²) >= 11 is 0. The van der Waals surface area contributed by atoms with Gasteiger partial charge in [0.15, 0.2) is 0 Å². The van der Waals surface area contributed by atoms with Crippen molar-refractivity contribution in [2.75, 3.05) is 0 Å². The average Bonchev–Trinajstić information content (AvgIpc) is 2.65. The zero-order valence-corrected chi connectivity index (χ0v) is 14.5. The van der Waals surface area contributed by atoms with Gasteiger partial charge in [-0.05, 0) is 52.4 Å². The zero-order valence-electron chi connectivity index (χ0n) is 14.5. The van der Waals surface area contributed by atoms with Gasteiger partial charge in [-0.25, -0.2) is 4.57 Å². The van der Waals surface area contributed by atoms with Crippen molar-refractivity contribution in [3.8, 4) is 0 Å². The van der Waals surface area contributed by atoms with Crippen LogP contribution < -0.4 is 10.6 Å². The molecule has 1 saturated heterocycles. The molecule has 0 aliphatic carbocycles. The summed E-state index contributed by atoms with van der Waals surface area (Å²) in [4.78, 5) is 14.3. The molecule has 0 saturated carbocycles. The lowest BCUT2D eigenvalue weighted by molar-refractivity contribution is -0.397. The van der Waals surface area contributed by atoms with E-state index in [1.54, 1.807) is 13.1 Å². The Morgan fingerprint density at radius 3 is 2.57 bits per heavy atom. The first-order chi connectivity index (χ1) is 10.5. The van der Waals surface area contributed by atoms with Gasteiger partial charge < -0.3 is 20.5 Å². The summed E-state index contributed by atoms with van der Waals surface area (Å²) in [6.07, 6.45) is 2.47. The van der Waals surface area contributed by atoms with Crippen LogP contribution in [0.4, 0.5) is 5.95 Å². The van der Waals surface area contributed by atoms with Gasteiger partial charge in [-0.3, -0.25) is 5.32 Å². The standard InChI is InChI=1S/C15H27N5O3/c1-10-8-19(13(16-10)20(22)23)9-12(21)17-11-6-14(2,3)18-15(4,5)7-11/h8,11-12,17-18,21H,6-7,9H2,1-5H3. The first kappa shape index (κ1) is 17.8. The Labute approximate surface area is 136 Å². The molecule has 1 fully saturated rings. The van der Waals surface area contributed by atoms with Crippen molar-refractivity contribution in [3.63, 3.8) is 0 Å². The maximum Gasteiger partial charge on any atom is 0.434 e. The molecule has 0 amide bonds. The van der Waals surface area contributed by atoms with Crippen LogP contribution in [0.1, 0.15) is 46.2 Å². The molecule has 3 N–H and O–H groups in total. The molecule has 1 aromatic heterocycles. The molecule has 1 atom stereocenters. The number of nitrogens with zero attached hydrogens (tertiary/aromatic N) is 3. The summed E-state index contributed by atoms with van der Waals surface area (Å²) in [6, 6.07) is 0.139. The fraction of sp³-hybridized carbons (Fsp3) is 0.800. The number of aliphatic hydroxyl groups excluding tert-OH is 1. The summed E-state index contributed by atoms with van der Waals surface area (Å²) in [5.74, 6) is -0.241. The number of aliphatic hydroxyl groups is 1. The molecule has 2 heterocycles. The highest BCUT2D eigenvalue weighted by Crippen LogP contribution is 2.28. The summed E-state index contributed by atoms with van der Waals surface area (Å²) in [5, 5.41) is 28.1. The first-order valence-electron chi connectivity index (χ1n) is 7.89. The van der Waals surface area contributed by atoms with Crippen molar-refractivity contribution in [1.82, 2.24) is 20.2 Å². The van der Waals surface area contributed by atoms with Gasteiger partial charge in [0.2, 0.25) is 0 Å². The topological polar surface area (TPSA) is 105 Å². The largest absolute Gasteiger partial charge is 0.434 e.